The third kappa shape index (κ3) is 2.87. The molecule has 0 bridgehead atoms. The van der Waals surface area contributed by atoms with Crippen LogP contribution in [0.5, 0.6) is 17.2 Å². The molecule has 126 valence electrons. The first-order valence-corrected chi connectivity index (χ1v) is 9.28. The van der Waals surface area contributed by atoms with Crippen LogP contribution in [0.2, 0.25) is 0 Å². The summed E-state index contributed by atoms with van der Waals surface area (Å²) in [6.07, 6.45) is 1.72. The second-order valence-electron chi connectivity index (χ2n) is 5.69. The van der Waals surface area contributed by atoms with E-state index in [-0.39, 0.29) is 4.90 Å². The van der Waals surface area contributed by atoms with Gasteiger partial charge < -0.3 is 14.2 Å². The third-order valence-electron chi connectivity index (χ3n) is 3.98. The number of sulfonamides is 1. The lowest BCUT2D eigenvalue weighted by molar-refractivity contribution is 0.171. The van der Waals surface area contributed by atoms with Gasteiger partial charge in [0.05, 0.1) is 17.2 Å². The zero-order valence-electron chi connectivity index (χ0n) is 12.9. The molecule has 2 heterocycles. The Labute approximate surface area is 140 Å². The van der Waals surface area contributed by atoms with E-state index in [2.05, 4.69) is 4.72 Å². The number of rotatable bonds is 3. The highest BCUT2D eigenvalue weighted by atomic mass is 32.2. The molecule has 7 heteroatoms. The van der Waals surface area contributed by atoms with Gasteiger partial charge >= 0.3 is 0 Å². The second-order valence-corrected chi connectivity index (χ2v) is 7.37. The van der Waals surface area contributed by atoms with Crippen LogP contribution in [0.4, 0.5) is 5.69 Å². The summed E-state index contributed by atoms with van der Waals surface area (Å²) in [4.78, 5) is 0.224. The average molecular weight is 347 g/mol. The molecule has 6 nitrogen and oxygen atoms in total. The lowest BCUT2D eigenvalue weighted by Gasteiger charge is -2.20. The van der Waals surface area contributed by atoms with Crippen molar-refractivity contribution in [2.75, 3.05) is 24.5 Å². The highest BCUT2D eigenvalue weighted by Crippen LogP contribution is 2.34. The lowest BCUT2D eigenvalue weighted by atomic mass is 10.1. The molecular weight excluding hydrogens is 330 g/mol. The zero-order valence-corrected chi connectivity index (χ0v) is 13.8. The fraction of sp³-hybridized carbons (Fsp3) is 0.294. The minimum Gasteiger partial charge on any atom is -0.493 e. The molecule has 0 fully saturated rings. The van der Waals surface area contributed by atoms with E-state index in [0.717, 1.165) is 24.2 Å². The average Bonchev–Trinajstić information content (AvgIpc) is 2.61. The van der Waals surface area contributed by atoms with Crippen molar-refractivity contribution in [3.8, 4) is 17.2 Å². The van der Waals surface area contributed by atoms with Gasteiger partial charge in [-0.2, -0.15) is 0 Å². The van der Waals surface area contributed by atoms with E-state index in [9.17, 15) is 8.42 Å². The van der Waals surface area contributed by atoms with Gasteiger partial charge in [0.2, 0.25) is 0 Å². The summed E-state index contributed by atoms with van der Waals surface area (Å²) in [6, 6.07) is 9.94. The molecule has 24 heavy (non-hydrogen) atoms. The van der Waals surface area contributed by atoms with Crippen LogP contribution in [0.3, 0.4) is 0 Å². The van der Waals surface area contributed by atoms with Crippen LogP contribution in [-0.4, -0.2) is 28.2 Å². The van der Waals surface area contributed by atoms with Gasteiger partial charge in [0.1, 0.15) is 19.0 Å². The van der Waals surface area contributed by atoms with E-state index in [4.69, 9.17) is 14.2 Å². The van der Waals surface area contributed by atoms with Crippen LogP contribution in [0.25, 0.3) is 0 Å². The van der Waals surface area contributed by atoms with Gasteiger partial charge in [0.25, 0.3) is 10.0 Å². The van der Waals surface area contributed by atoms with Crippen LogP contribution in [0.15, 0.2) is 41.3 Å². The van der Waals surface area contributed by atoms with Gasteiger partial charge in [-0.25, -0.2) is 8.42 Å². The zero-order chi connectivity index (χ0) is 16.6. The van der Waals surface area contributed by atoms with E-state index in [1.807, 2.05) is 0 Å². The molecule has 4 rings (SSSR count). The molecular formula is C17H17NO5S. The number of benzene rings is 2. The maximum atomic E-state index is 12.6. The van der Waals surface area contributed by atoms with Crippen LogP contribution < -0.4 is 18.9 Å². The fourth-order valence-electron chi connectivity index (χ4n) is 2.82. The molecule has 0 radical (unpaired) electrons. The minimum absolute atomic E-state index is 0.224. The Hall–Kier alpha value is -2.41. The molecule has 2 aromatic carbocycles. The third-order valence-corrected chi connectivity index (χ3v) is 5.36. The normalized spacial score (nSPS) is 16.0. The first kappa shape index (κ1) is 15.1. The molecule has 0 aromatic heterocycles. The molecule has 0 saturated heterocycles. The number of nitrogens with one attached hydrogen (secondary N) is 1. The maximum Gasteiger partial charge on any atom is 0.261 e. The van der Waals surface area contributed by atoms with Gasteiger partial charge in [-0.05, 0) is 48.7 Å². The predicted octanol–water partition coefficient (Wildman–Crippen LogP) is 2.58. The standard InChI is InChI=1S/C17H17NO5S/c19-24(20,14-4-6-15-12(10-14)2-1-7-21-15)18-13-3-5-16-17(11-13)23-9-8-22-16/h3-6,10-11,18H,1-2,7-9H2. The Morgan fingerprint density at radius 3 is 2.46 bits per heavy atom. The van der Waals surface area contributed by atoms with Crippen molar-refractivity contribution in [2.45, 2.75) is 17.7 Å². The summed E-state index contributed by atoms with van der Waals surface area (Å²) in [5.41, 5.74) is 1.36. The van der Waals surface area contributed by atoms with Crippen LogP contribution in [0.1, 0.15) is 12.0 Å². The Morgan fingerprint density at radius 2 is 1.58 bits per heavy atom. The van der Waals surface area contributed by atoms with E-state index >= 15 is 0 Å². The highest BCUT2D eigenvalue weighted by molar-refractivity contribution is 7.92. The van der Waals surface area contributed by atoms with Gasteiger partial charge in [-0.1, -0.05) is 0 Å². The molecule has 1 N–H and O–H groups in total. The maximum absolute atomic E-state index is 12.6. The number of fused-ring (bicyclic) bond motifs is 2. The van der Waals surface area contributed by atoms with Crippen molar-refractivity contribution in [1.29, 1.82) is 0 Å². The van der Waals surface area contributed by atoms with Crippen molar-refractivity contribution in [2.24, 2.45) is 0 Å². The number of ether oxygens (including phenoxy) is 3. The number of aryl methyl sites for hydroxylation is 1. The molecule has 2 aromatic rings. The summed E-state index contributed by atoms with van der Waals surface area (Å²) in [5.74, 6) is 1.93. The summed E-state index contributed by atoms with van der Waals surface area (Å²) in [5, 5.41) is 0. The van der Waals surface area contributed by atoms with Gasteiger partial charge in [-0.15, -0.1) is 0 Å². The van der Waals surface area contributed by atoms with Gasteiger partial charge in [0.15, 0.2) is 11.5 Å². The van der Waals surface area contributed by atoms with E-state index in [1.165, 1.54) is 0 Å². The molecule has 0 spiro atoms. The fourth-order valence-corrected chi connectivity index (χ4v) is 3.92. The Bertz CT molecular complexity index is 879. The van der Waals surface area contributed by atoms with Gasteiger partial charge in [-0.3, -0.25) is 4.72 Å². The van der Waals surface area contributed by atoms with Crippen molar-refractivity contribution < 1.29 is 22.6 Å². The Balaban J connectivity index is 1.61. The van der Waals surface area contributed by atoms with E-state index in [0.29, 0.717) is 37.0 Å². The molecule has 0 saturated carbocycles. The summed E-state index contributed by atoms with van der Waals surface area (Å²) >= 11 is 0. The second kappa shape index (κ2) is 5.90. The molecule has 2 aliphatic heterocycles. The van der Waals surface area contributed by atoms with Crippen molar-refractivity contribution in [1.82, 2.24) is 0 Å². The number of hydrogen-bond acceptors (Lipinski definition) is 5. The number of anilines is 1. The van der Waals surface area contributed by atoms with Gasteiger partial charge in [0, 0.05) is 6.07 Å². The lowest BCUT2D eigenvalue weighted by Crippen LogP contribution is -2.17. The predicted molar refractivity (Wildman–Crippen MR) is 88.5 cm³/mol. The quantitative estimate of drug-likeness (QED) is 0.924. The van der Waals surface area contributed by atoms with Crippen LogP contribution in [-0.2, 0) is 16.4 Å². The van der Waals surface area contributed by atoms with Crippen molar-refractivity contribution in [3.05, 3.63) is 42.0 Å². The van der Waals surface area contributed by atoms with E-state index < -0.39 is 10.0 Å². The largest absolute Gasteiger partial charge is 0.493 e. The molecule has 0 aliphatic carbocycles. The topological polar surface area (TPSA) is 73.9 Å². The molecule has 0 amide bonds. The molecule has 2 aliphatic rings. The highest BCUT2D eigenvalue weighted by Gasteiger charge is 2.20. The molecule has 0 atom stereocenters. The van der Waals surface area contributed by atoms with Crippen molar-refractivity contribution >= 4 is 15.7 Å². The first-order chi connectivity index (χ1) is 11.6. The first-order valence-electron chi connectivity index (χ1n) is 7.80. The Kier molecular flexibility index (Phi) is 3.72. The summed E-state index contributed by atoms with van der Waals surface area (Å²) in [7, 11) is -3.68. The summed E-state index contributed by atoms with van der Waals surface area (Å²) < 4.78 is 44.3. The minimum atomic E-state index is -3.68. The monoisotopic (exact) mass is 347 g/mol. The number of hydrogen-bond donors (Lipinski definition) is 1. The SMILES string of the molecule is O=S(=O)(Nc1ccc2c(c1)OCCO2)c1ccc2c(c1)CCCO2. The van der Waals surface area contributed by atoms with Crippen LogP contribution >= 0.6 is 0 Å². The molecule has 0 unspecified atom stereocenters. The van der Waals surface area contributed by atoms with E-state index in [1.54, 1.807) is 36.4 Å². The Morgan fingerprint density at radius 1 is 0.833 bits per heavy atom. The van der Waals surface area contributed by atoms with Crippen LogP contribution in [0, 0.1) is 0 Å². The summed E-state index contributed by atoms with van der Waals surface area (Å²) in [6.45, 7) is 1.62. The van der Waals surface area contributed by atoms with Crippen molar-refractivity contribution in [3.63, 3.8) is 0 Å². The smallest absolute Gasteiger partial charge is 0.261 e.